The molecular formula is C10H13NO2. The summed E-state index contributed by atoms with van der Waals surface area (Å²) in [5.41, 5.74) is 1.96. The van der Waals surface area contributed by atoms with Crippen molar-refractivity contribution in [3.8, 4) is 0 Å². The van der Waals surface area contributed by atoms with Gasteiger partial charge in [-0.15, -0.1) is 0 Å². The zero-order chi connectivity index (χ0) is 9.26. The van der Waals surface area contributed by atoms with E-state index in [1.54, 1.807) is 0 Å². The molecule has 0 spiro atoms. The van der Waals surface area contributed by atoms with Crippen LogP contribution in [0.5, 0.6) is 0 Å². The zero-order valence-corrected chi connectivity index (χ0v) is 7.35. The minimum absolute atomic E-state index is 0.0583. The lowest BCUT2D eigenvalue weighted by Crippen LogP contribution is -2.51. The van der Waals surface area contributed by atoms with Gasteiger partial charge in [-0.3, -0.25) is 0 Å². The van der Waals surface area contributed by atoms with Crippen LogP contribution < -0.4 is 4.90 Å². The molecule has 0 unspecified atom stereocenters. The van der Waals surface area contributed by atoms with Gasteiger partial charge in [0, 0.05) is 24.3 Å². The molecule has 0 radical (unpaired) electrons. The first-order valence-electron chi connectivity index (χ1n) is 4.43. The number of para-hydroxylation sites is 1. The Morgan fingerprint density at radius 2 is 2.00 bits per heavy atom. The molecule has 3 nitrogen and oxygen atoms in total. The van der Waals surface area contributed by atoms with E-state index < -0.39 is 0 Å². The van der Waals surface area contributed by atoms with Gasteiger partial charge in [0.05, 0.1) is 12.7 Å². The summed E-state index contributed by atoms with van der Waals surface area (Å²) < 4.78 is 0. The second-order valence-corrected chi connectivity index (χ2v) is 3.35. The number of rotatable bonds is 2. The van der Waals surface area contributed by atoms with Gasteiger partial charge >= 0.3 is 0 Å². The number of nitrogens with zero attached hydrogens (tertiary/aromatic N) is 1. The molecule has 13 heavy (non-hydrogen) atoms. The smallest absolute Gasteiger partial charge is 0.0889 e. The number of aliphatic hydroxyl groups excluding tert-OH is 2. The van der Waals surface area contributed by atoms with Gasteiger partial charge < -0.3 is 15.1 Å². The molecule has 1 fully saturated rings. The van der Waals surface area contributed by atoms with Crippen LogP contribution in [0, 0.1) is 0 Å². The van der Waals surface area contributed by atoms with Gasteiger partial charge in [0.2, 0.25) is 0 Å². The monoisotopic (exact) mass is 179 g/mol. The lowest BCUT2D eigenvalue weighted by atomic mass is 10.1. The highest BCUT2D eigenvalue weighted by atomic mass is 16.3. The fourth-order valence-electron chi connectivity index (χ4n) is 1.61. The molecule has 0 bridgehead atoms. The molecule has 70 valence electrons. The van der Waals surface area contributed by atoms with Gasteiger partial charge in [-0.25, -0.2) is 0 Å². The van der Waals surface area contributed by atoms with Crippen molar-refractivity contribution in [2.24, 2.45) is 0 Å². The average Bonchev–Trinajstić information content (AvgIpc) is 2.13. The summed E-state index contributed by atoms with van der Waals surface area (Å²) in [4.78, 5) is 2.07. The Morgan fingerprint density at radius 1 is 1.31 bits per heavy atom. The summed E-state index contributed by atoms with van der Waals surface area (Å²) in [5.74, 6) is 0. The molecule has 1 aromatic carbocycles. The lowest BCUT2D eigenvalue weighted by Gasteiger charge is -2.38. The highest BCUT2D eigenvalue weighted by Crippen LogP contribution is 2.24. The maximum atomic E-state index is 9.14. The predicted molar refractivity (Wildman–Crippen MR) is 50.6 cm³/mol. The van der Waals surface area contributed by atoms with Crippen LogP contribution in [0.3, 0.4) is 0 Å². The summed E-state index contributed by atoms with van der Waals surface area (Å²) in [5, 5.41) is 18.2. The number of benzene rings is 1. The van der Waals surface area contributed by atoms with Crippen LogP contribution in [0.2, 0.25) is 0 Å². The largest absolute Gasteiger partial charge is 0.392 e. The van der Waals surface area contributed by atoms with E-state index in [0.29, 0.717) is 13.1 Å². The van der Waals surface area contributed by atoms with Crippen LogP contribution in [0.15, 0.2) is 24.3 Å². The summed E-state index contributed by atoms with van der Waals surface area (Å²) in [6.45, 7) is 1.41. The molecule has 1 aromatic rings. The first kappa shape index (κ1) is 8.53. The van der Waals surface area contributed by atoms with Gasteiger partial charge in [-0.2, -0.15) is 0 Å². The SMILES string of the molecule is OCc1ccccc1N1CC(O)C1. The van der Waals surface area contributed by atoms with E-state index in [2.05, 4.69) is 4.90 Å². The normalized spacial score (nSPS) is 17.2. The van der Waals surface area contributed by atoms with Gasteiger partial charge in [0.15, 0.2) is 0 Å². The summed E-state index contributed by atoms with van der Waals surface area (Å²) in [6.07, 6.45) is -0.202. The fourth-order valence-corrected chi connectivity index (χ4v) is 1.61. The number of aliphatic hydroxyl groups is 2. The maximum absolute atomic E-state index is 9.14. The van der Waals surface area contributed by atoms with Crippen molar-refractivity contribution in [2.45, 2.75) is 12.7 Å². The summed E-state index contributed by atoms with van der Waals surface area (Å²) in [7, 11) is 0. The Morgan fingerprint density at radius 3 is 2.62 bits per heavy atom. The summed E-state index contributed by atoms with van der Waals surface area (Å²) in [6, 6.07) is 7.72. The van der Waals surface area contributed by atoms with E-state index in [0.717, 1.165) is 11.3 Å². The first-order chi connectivity index (χ1) is 6.31. The zero-order valence-electron chi connectivity index (χ0n) is 7.35. The van der Waals surface area contributed by atoms with E-state index in [9.17, 15) is 0 Å². The molecule has 0 aromatic heterocycles. The number of β-amino-alcohol motifs (C(OH)–C–C–N with tert-alkyl or cyclic N) is 1. The van der Waals surface area contributed by atoms with Crippen molar-refractivity contribution in [1.82, 2.24) is 0 Å². The fraction of sp³-hybridized carbons (Fsp3) is 0.400. The third kappa shape index (κ3) is 1.53. The highest BCUT2D eigenvalue weighted by Gasteiger charge is 2.25. The van der Waals surface area contributed by atoms with E-state index in [-0.39, 0.29) is 12.7 Å². The Balaban J connectivity index is 2.19. The summed E-state index contributed by atoms with van der Waals surface area (Å²) >= 11 is 0. The molecular weight excluding hydrogens is 166 g/mol. The van der Waals surface area contributed by atoms with E-state index in [1.807, 2.05) is 24.3 Å². The van der Waals surface area contributed by atoms with Crippen molar-refractivity contribution in [2.75, 3.05) is 18.0 Å². The molecule has 1 saturated heterocycles. The standard InChI is InChI=1S/C10H13NO2/c12-7-8-3-1-2-4-10(8)11-5-9(13)6-11/h1-4,9,12-13H,5-7H2. The third-order valence-corrected chi connectivity index (χ3v) is 2.36. The minimum atomic E-state index is -0.202. The molecule has 1 heterocycles. The average molecular weight is 179 g/mol. The number of hydrogen-bond donors (Lipinski definition) is 2. The van der Waals surface area contributed by atoms with Crippen LogP contribution in [-0.2, 0) is 6.61 Å². The molecule has 1 aliphatic rings. The molecule has 0 saturated carbocycles. The van der Waals surface area contributed by atoms with E-state index in [4.69, 9.17) is 10.2 Å². The molecule has 0 atom stereocenters. The quantitative estimate of drug-likeness (QED) is 0.689. The Kier molecular flexibility index (Phi) is 2.20. The highest BCUT2D eigenvalue weighted by molar-refractivity contribution is 5.55. The van der Waals surface area contributed by atoms with Crippen LogP contribution >= 0.6 is 0 Å². The number of hydrogen-bond acceptors (Lipinski definition) is 3. The molecule has 1 aliphatic heterocycles. The van der Waals surface area contributed by atoms with Crippen LogP contribution in [0.25, 0.3) is 0 Å². The second-order valence-electron chi connectivity index (χ2n) is 3.35. The molecule has 0 amide bonds. The number of anilines is 1. The van der Waals surface area contributed by atoms with Crippen LogP contribution in [0.1, 0.15) is 5.56 Å². The molecule has 3 heteroatoms. The first-order valence-corrected chi connectivity index (χ1v) is 4.43. The Hall–Kier alpha value is -1.06. The third-order valence-electron chi connectivity index (χ3n) is 2.36. The Bertz CT molecular complexity index is 295. The molecule has 2 N–H and O–H groups in total. The van der Waals surface area contributed by atoms with Crippen molar-refractivity contribution < 1.29 is 10.2 Å². The van der Waals surface area contributed by atoms with Gasteiger partial charge in [0.1, 0.15) is 0 Å². The minimum Gasteiger partial charge on any atom is -0.392 e. The van der Waals surface area contributed by atoms with Gasteiger partial charge in [-0.1, -0.05) is 18.2 Å². The van der Waals surface area contributed by atoms with Crippen LogP contribution in [-0.4, -0.2) is 29.4 Å². The van der Waals surface area contributed by atoms with Crippen LogP contribution in [0.4, 0.5) is 5.69 Å². The van der Waals surface area contributed by atoms with E-state index in [1.165, 1.54) is 0 Å². The predicted octanol–water partition coefficient (Wildman–Crippen LogP) is 0.360. The Labute approximate surface area is 77.2 Å². The second kappa shape index (κ2) is 3.36. The van der Waals surface area contributed by atoms with Crippen molar-refractivity contribution >= 4 is 5.69 Å². The lowest BCUT2D eigenvalue weighted by molar-refractivity contribution is 0.141. The van der Waals surface area contributed by atoms with Gasteiger partial charge in [0.25, 0.3) is 0 Å². The van der Waals surface area contributed by atoms with Crippen molar-refractivity contribution in [3.05, 3.63) is 29.8 Å². The molecule has 0 aliphatic carbocycles. The maximum Gasteiger partial charge on any atom is 0.0889 e. The van der Waals surface area contributed by atoms with Crippen molar-refractivity contribution in [3.63, 3.8) is 0 Å². The topological polar surface area (TPSA) is 43.7 Å². The molecule has 2 rings (SSSR count). The van der Waals surface area contributed by atoms with Crippen molar-refractivity contribution in [1.29, 1.82) is 0 Å². The van der Waals surface area contributed by atoms with Gasteiger partial charge in [-0.05, 0) is 6.07 Å². The van der Waals surface area contributed by atoms with E-state index >= 15 is 0 Å².